The van der Waals surface area contributed by atoms with Crippen LogP contribution < -0.4 is 5.32 Å². The largest absolute Gasteiger partial charge is 0.356 e. The number of aromatic nitrogens is 2. The summed E-state index contributed by atoms with van der Waals surface area (Å²) in [5.41, 5.74) is 3.22. The SMILES string of the molecule is CCCCCCNC(=O)CC(c1ccccc1F)c1cnc2c(C)cccn12. The number of nitrogens with one attached hydrogen (secondary N) is 1. The van der Waals surface area contributed by atoms with E-state index in [1.54, 1.807) is 18.3 Å². The highest BCUT2D eigenvalue weighted by molar-refractivity contribution is 5.77. The van der Waals surface area contributed by atoms with Gasteiger partial charge in [-0.3, -0.25) is 4.79 Å². The first-order valence-electron chi connectivity index (χ1n) is 10.1. The number of pyridine rings is 1. The molecule has 1 N–H and O–H groups in total. The van der Waals surface area contributed by atoms with Gasteiger partial charge in [-0.25, -0.2) is 9.37 Å². The molecule has 0 spiro atoms. The van der Waals surface area contributed by atoms with Gasteiger partial charge in [0.05, 0.1) is 5.69 Å². The highest BCUT2D eigenvalue weighted by atomic mass is 19.1. The van der Waals surface area contributed by atoms with E-state index in [0.29, 0.717) is 12.1 Å². The summed E-state index contributed by atoms with van der Waals surface area (Å²) in [6, 6.07) is 10.6. The predicted octanol–water partition coefficient (Wildman–Crippen LogP) is 5.00. The Morgan fingerprint density at radius 3 is 2.79 bits per heavy atom. The Balaban J connectivity index is 1.85. The fourth-order valence-electron chi connectivity index (χ4n) is 3.60. The van der Waals surface area contributed by atoms with Crippen LogP contribution in [0.15, 0.2) is 48.8 Å². The first-order valence-corrected chi connectivity index (χ1v) is 10.1. The van der Waals surface area contributed by atoms with Gasteiger partial charge in [-0.05, 0) is 36.6 Å². The van der Waals surface area contributed by atoms with E-state index in [0.717, 1.165) is 36.2 Å². The number of carbonyl (C=O) groups excluding carboxylic acids is 1. The molecule has 0 saturated heterocycles. The molecule has 0 aliphatic carbocycles. The molecule has 2 heterocycles. The van der Waals surface area contributed by atoms with Gasteiger partial charge in [0.15, 0.2) is 0 Å². The fourth-order valence-corrected chi connectivity index (χ4v) is 3.60. The molecule has 0 bridgehead atoms. The van der Waals surface area contributed by atoms with Gasteiger partial charge in [0, 0.05) is 31.3 Å². The fraction of sp³-hybridized carbons (Fsp3) is 0.391. The molecule has 4 nitrogen and oxygen atoms in total. The van der Waals surface area contributed by atoms with Crippen LogP contribution in [0.1, 0.15) is 61.8 Å². The monoisotopic (exact) mass is 381 g/mol. The van der Waals surface area contributed by atoms with Crippen LogP contribution in [0.5, 0.6) is 0 Å². The number of aryl methyl sites for hydroxylation is 1. The highest BCUT2D eigenvalue weighted by Crippen LogP contribution is 2.31. The number of hydrogen-bond donors (Lipinski definition) is 1. The molecule has 5 heteroatoms. The van der Waals surface area contributed by atoms with Crippen LogP contribution in [0.4, 0.5) is 4.39 Å². The molecule has 1 aromatic carbocycles. The molecule has 0 aliphatic heterocycles. The number of hydrogen-bond acceptors (Lipinski definition) is 2. The van der Waals surface area contributed by atoms with Crippen molar-refractivity contribution in [1.29, 1.82) is 0 Å². The molecule has 2 aromatic heterocycles. The van der Waals surface area contributed by atoms with Gasteiger partial charge in [0.1, 0.15) is 11.5 Å². The third-order valence-electron chi connectivity index (χ3n) is 5.14. The summed E-state index contributed by atoms with van der Waals surface area (Å²) < 4.78 is 16.6. The summed E-state index contributed by atoms with van der Waals surface area (Å²) in [4.78, 5) is 17.1. The number of amides is 1. The molecular formula is C23H28FN3O. The molecule has 0 aliphatic rings. The molecule has 1 atom stereocenters. The summed E-state index contributed by atoms with van der Waals surface area (Å²) >= 11 is 0. The first-order chi connectivity index (χ1) is 13.6. The maximum absolute atomic E-state index is 14.6. The summed E-state index contributed by atoms with van der Waals surface area (Å²) in [7, 11) is 0. The Morgan fingerprint density at radius 2 is 2.00 bits per heavy atom. The minimum absolute atomic E-state index is 0.0626. The average molecular weight is 381 g/mol. The molecule has 3 rings (SSSR count). The van der Waals surface area contributed by atoms with E-state index in [1.807, 2.05) is 35.7 Å². The van der Waals surface area contributed by atoms with Crippen molar-refractivity contribution in [2.24, 2.45) is 0 Å². The number of halogens is 1. The van der Waals surface area contributed by atoms with Crippen LogP contribution in [0.3, 0.4) is 0 Å². The number of unbranched alkanes of at least 4 members (excludes halogenated alkanes) is 3. The van der Waals surface area contributed by atoms with Crippen molar-refractivity contribution in [1.82, 2.24) is 14.7 Å². The van der Waals surface area contributed by atoms with Crippen molar-refractivity contribution in [3.05, 3.63) is 71.4 Å². The normalized spacial score (nSPS) is 12.2. The number of benzene rings is 1. The van der Waals surface area contributed by atoms with E-state index in [9.17, 15) is 9.18 Å². The summed E-state index contributed by atoms with van der Waals surface area (Å²) in [5, 5.41) is 2.99. The second kappa shape index (κ2) is 9.49. The zero-order chi connectivity index (χ0) is 19.9. The van der Waals surface area contributed by atoms with Gasteiger partial charge < -0.3 is 9.72 Å². The standard InChI is InChI=1S/C23H28FN3O/c1-3-4-5-8-13-25-22(28)15-19(18-11-6-7-12-20(18)24)21-16-26-23-17(2)10-9-14-27(21)23/h6-7,9-12,14,16,19H,3-5,8,13,15H2,1-2H3,(H,25,28). The van der Waals surface area contributed by atoms with E-state index < -0.39 is 5.92 Å². The maximum Gasteiger partial charge on any atom is 0.221 e. The zero-order valence-electron chi connectivity index (χ0n) is 16.6. The van der Waals surface area contributed by atoms with E-state index >= 15 is 0 Å². The molecule has 3 aromatic rings. The van der Waals surface area contributed by atoms with Crippen LogP contribution in [0.2, 0.25) is 0 Å². The zero-order valence-corrected chi connectivity index (χ0v) is 16.6. The second-order valence-corrected chi connectivity index (χ2v) is 7.26. The van der Waals surface area contributed by atoms with Crippen molar-refractivity contribution >= 4 is 11.6 Å². The topological polar surface area (TPSA) is 46.4 Å². The number of imidazole rings is 1. The molecule has 0 saturated carbocycles. The number of carbonyl (C=O) groups is 1. The first kappa shape index (κ1) is 20.1. The van der Waals surface area contributed by atoms with Crippen molar-refractivity contribution in [2.75, 3.05) is 6.54 Å². The van der Waals surface area contributed by atoms with Crippen molar-refractivity contribution in [2.45, 2.75) is 51.9 Å². The minimum Gasteiger partial charge on any atom is -0.356 e. The molecule has 1 unspecified atom stereocenters. The van der Waals surface area contributed by atoms with Crippen LogP contribution in [0, 0.1) is 12.7 Å². The lowest BCUT2D eigenvalue weighted by Crippen LogP contribution is -2.27. The predicted molar refractivity (Wildman–Crippen MR) is 110 cm³/mol. The molecule has 148 valence electrons. The van der Waals surface area contributed by atoms with Crippen molar-refractivity contribution < 1.29 is 9.18 Å². The van der Waals surface area contributed by atoms with Gasteiger partial charge in [-0.15, -0.1) is 0 Å². The third kappa shape index (κ3) is 4.58. The van der Waals surface area contributed by atoms with Crippen LogP contribution in [-0.4, -0.2) is 21.8 Å². The lowest BCUT2D eigenvalue weighted by molar-refractivity contribution is -0.121. The number of fused-ring (bicyclic) bond motifs is 1. The molecule has 0 radical (unpaired) electrons. The van der Waals surface area contributed by atoms with E-state index in [-0.39, 0.29) is 18.1 Å². The Hall–Kier alpha value is -2.69. The van der Waals surface area contributed by atoms with Crippen molar-refractivity contribution in [3.8, 4) is 0 Å². The van der Waals surface area contributed by atoms with Gasteiger partial charge in [0.2, 0.25) is 5.91 Å². The lowest BCUT2D eigenvalue weighted by atomic mass is 9.91. The number of rotatable bonds is 9. The Kier molecular flexibility index (Phi) is 6.80. The van der Waals surface area contributed by atoms with Crippen LogP contribution in [-0.2, 0) is 4.79 Å². The average Bonchev–Trinajstić information content (AvgIpc) is 3.12. The molecule has 1 amide bonds. The smallest absolute Gasteiger partial charge is 0.221 e. The van der Waals surface area contributed by atoms with Crippen molar-refractivity contribution in [3.63, 3.8) is 0 Å². The lowest BCUT2D eigenvalue weighted by Gasteiger charge is -2.18. The van der Waals surface area contributed by atoms with Crippen LogP contribution >= 0.6 is 0 Å². The maximum atomic E-state index is 14.6. The molecule has 28 heavy (non-hydrogen) atoms. The number of nitrogens with zero attached hydrogens (tertiary/aromatic N) is 2. The van der Waals surface area contributed by atoms with E-state index in [1.165, 1.54) is 12.5 Å². The quantitative estimate of drug-likeness (QED) is 0.530. The van der Waals surface area contributed by atoms with E-state index in [2.05, 4.69) is 17.2 Å². The molecular weight excluding hydrogens is 353 g/mol. The van der Waals surface area contributed by atoms with Gasteiger partial charge in [-0.1, -0.05) is 50.5 Å². The van der Waals surface area contributed by atoms with Gasteiger partial charge >= 0.3 is 0 Å². The Labute approximate surface area is 165 Å². The van der Waals surface area contributed by atoms with Gasteiger partial charge in [-0.2, -0.15) is 0 Å². The third-order valence-corrected chi connectivity index (χ3v) is 5.14. The van der Waals surface area contributed by atoms with Gasteiger partial charge in [0.25, 0.3) is 0 Å². The summed E-state index contributed by atoms with van der Waals surface area (Å²) in [5.74, 6) is -0.758. The van der Waals surface area contributed by atoms with E-state index in [4.69, 9.17) is 0 Å². The summed E-state index contributed by atoms with van der Waals surface area (Å²) in [6.07, 6.45) is 8.29. The Morgan fingerprint density at radius 1 is 1.18 bits per heavy atom. The minimum atomic E-state index is -0.395. The molecule has 0 fully saturated rings. The summed E-state index contributed by atoms with van der Waals surface area (Å²) in [6.45, 7) is 4.82. The second-order valence-electron chi connectivity index (χ2n) is 7.26. The Bertz CT molecular complexity index is 934. The highest BCUT2D eigenvalue weighted by Gasteiger charge is 2.24. The van der Waals surface area contributed by atoms with Crippen LogP contribution in [0.25, 0.3) is 5.65 Å².